The van der Waals surface area contributed by atoms with Crippen LogP contribution in [0.5, 0.6) is 0 Å². The molecule has 0 bridgehead atoms. The van der Waals surface area contributed by atoms with Gasteiger partial charge in [0, 0.05) is 28.5 Å². The van der Waals surface area contributed by atoms with E-state index in [0.717, 1.165) is 40.0 Å². The van der Waals surface area contributed by atoms with E-state index in [9.17, 15) is 18.8 Å². The molecule has 9 heteroatoms. The summed E-state index contributed by atoms with van der Waals surface area (Å²) in [4.78, 5) is 41.1. The van der Waals surface area contributed by atoms with E-state index in [-0.39, 0.29) is 10.4 Å². The van der Waals surface area contributed by atoms with Gasteiger partial charge in [-0.3, -0.25) is 19.3 Å². The molecule has 1 saturated heterocycles. The molecule has 2 aliphatic heterocycles. The topological polar surface area (TPSA) is 69.7 Å². The number of rotatable bonds is 5. The number of hydrogen-bond donors (Lipinski definition) is 1. The van der Waals surface area contributed by atoms with Gasteiger partial charge in [0.1, 0.15) is 12.4 Å². The van der Waals surface area contributed by atoms with E-state index in [1.54, 1.807) is 6.08 Å². The Bertz CT molecular complexity index is 1290. The van der Waals surface area contributed by atoms with E-state index in [1.807, 2.05) is 19.1 Å². The third-order valence-electron chi connectivity index (χ3n) is 6.00. The average Bonchev–Trinajstić information content (AvgIpc) is 3.03. The van der Waals surface area contributed by atoms with Crippen molar-refractivity contribution in [3.8, 4) is 0 Å². The summed E-state index contributed by atoms with van der Waals surface area (Å²) in [6.07, 6.45) is 3.79. The summed E-state index contributed by atoms with van der Waals surface area (Å²) >= 11 is 7.37. The van der Waals surface area contributed by atoms with Gasteiger partial charge in [0.25, 0.3) is 11.1 Å². The first kappa shape index (κ1) is 25.0. The van der Waals surface area contributed by atoms with Crippen molar-refractivity contribution in [2.75, 3.05) is 23.3 Å². The Morgan fingerprint density at radius 3 is 2.54 bits per heavy atom. The quantitative estimate of drug-likeness (QED) is 0.484. The number of thioether (sulfide) groups is 1. The third kappa shape index (κ3) is 4.99. The minimum Gasteiger partial charge on any atom is -0.363 e. The standard InChI is InChI=1S/C26H25ClFN3O3S/c1-5-31-21-12-20(27)16(10-19(21)15(2)13-26(31,3)4)11-22-24(33)30(25(34)35-22)14-23(32)29-18-8-6-17(28)7-9-18/h6-13H,5,14H2,1-4H3,(H,29,32)/b22-11+. The number of nitrogens with zero attached hydrogens (tertiary/aromatic N) is 2. The number of carbonyl (C=O) groups is 3. The molecule has 4 rings (SSSR count). The van der Waals surface area contributed by atoms with Gasteiger partial charge in [-0.15, -0.1) is 0 Å². The molecule has 0 aliphatic carbocycles. The zero-order chi connectivity index (χ0) is 25.5. The van der Waals surface area contributed by atoms with Crippen LogP contribution in [0.1, 0.15) is 38.8 Å². The lowest BCUT2D eigenvalue weighted by atomic mass is 9.88. The smallest absolute Gasteiger partial charge is 0.294 e. The molecule has 0 radical (unpaired) electrons. The predicted molar refractivity (Wildman–Crippen MR) is 140 cm³/mol. The molecule has 0 spiro atoms. The molecule has 2 aromatic carbocycles. The van der Waals surface area contributed by atoms with Crippen LogP contribution >= 0.6 is 23.4 Å². The molecule has 2 aliphatic rings. The second kappa shape index (κ2) is 9.51. The average molecular weight is 514 g/mol. The molecular weight excluding hydrogens is 489 g/mol. The Balaban J connectivity index is 1.56. The Morgan fingerprint density at radius 2 is 1.89 bits per heavy atom. The first-order chi connectivity index (χ1) is 16.5. The van der Waals surface area contributed by atoms with Gasteiger partial charge < -0.3 is 10.2 Å². The summed E-state index contributed by atoms with van der Waals surface area (Å²) in [5.41, 5.74) is 3.97. The van der Waals surface area contributed by atoms with Gasteiger partial charge in [0.15, 0.2) is 0 Å². The van der Waals surface area contributed by atoms with Gasteiger partial charge in [0.05, 0.1) is 10.4 Å². The highest BCUT2D eigenvalue weighted by Crippen LogP contribution is 2.42. The fraction of sp³-hybridized carbons (Fsp3) is 0.269. The molecule has 0 saturated carbocycles. The van der Waals surface area contributed by atoms with E-state index in [4.69, 9.17) is 11.6 Å². The normalized spacial score (nSPS) is 18.1. The number of carbonyl (C=O) groups excluding carboxylic acids is 3. The Morgan fingerprint density at radius 1 is 1.20 bits per heavy atom. The third-order valence-corrected chi connectivity index (χ3v) is 7.24. The summed E-state index contributed by atoms with van der Waals surface area (Å²) in [5, 5.41) is 2.48. The van der Waals surface area contributed by atoms with Crippen LogP contribution in [-0.4, -0.2) is 40.6 Å². The number of halogens is 2. The minimum absolute atomic E-state index is 0.159. The number of anilines is 2. The first-order valence-electron chi connectivity index (χ1n) is 11.1. The molecule has 35 heavy (non-hydrogen) atoms. The van der Waals surface area contributed by atoms with Crippen molar-refractivity contribution >= 4 is 63.4 Å². The highest BCUT2D eigenvalue weighted by molar-refractivity contribution is 8.18. The van der Waals surface area contributed by atoms with Crippen molar-refractivity contribution in [3.63, 3.8) is 0 Å². The number of likely N-dealkylation sites (N-methyl/N-ethyl adjacent to an activating group) is 1. The maximum absolute atomic E-state index is 13.1. The Labute approximate surface area is 212 Å². The molecule has 0 unspecified atom stereocenters. The molecule has 3 amide bonds. The van der Waals surface area contributed by atoms with Gasteiger partial charge in [-0.1, -0.05) is 17.7 Å². The number of nitrogens with one attached hydrogen (secondary N) is 1. The summed E-state index contributed by atoms with van der Waals surface area (Å²) in [5.74, 6) is -1.56. The number of hydrogen-bond acceptors (Lipinski definition) is 5. The highest BCUT2D eigenvalue weighted by atomic mass is 35.5. The van der Waals surface area contributed by atoms with Crippen LogP contribution in [0.25, 0.3) is 11.6 Å². The van der Waals surface area contributed by atoms with Crippen LogP contribution < -0.4 is 10.2 Å². The number of amides is 3. The molecular formula is C26H25ClFN3O3S. The maximum Gasteiger partial charge on any atom is 0.294 e. The summed E-state index contributed by atoms with van der Waals surface area (Å²) in [6, 6.07) is 9.03. The lowest BCUT2D eigenvalue weighted by molar-refractivity contribution is -0.127. The van der Waals surface area contributed by atoms with E-state index in [1.165, 1.54) is 24.3 Å². The molecule has 0 aromatic heterocycles. The van der Waals surface area contributed by atoms with E-state index in [0.29, 0.717) is 16.3 Å². The number of benzene rings is 2. The molecule has 2 aromatic rings. The van der Waals surface area contributed by atoms with Crippen molar-refractivity contribution in [1.29, 1.82) is 0 Å². The van der Waals surface area contributed by atoms with Crippen molar-refractivity contribution in [1.82, 2.24) is 4.90 Å². The van der Waals surface area contributed by atoms with Gasteiger partial charge in [0.2, 0.25) is 5.91 Å². The number of imide groups is 1. The van der Waals surface area contributed by atoms with Gasteiger partial charge in [-0.25, -0.2) is 4.39 Å². The largest absolute Gasteiger partial charge is 0.363 e. The van der Waals surface area contributed by atoms with Crippen LogP contribution in [-0.2, 0) is 9.59 Å². The Kier molecular flexibility index (Phi) is 6.79. The second-order valence-electron chi connectivity index (χ2n) is 8.94. The van der Waals surface area contributed by atoms with E-state index < -0.39 is 29.4 Å². The lowest BCUT2D eigenvalue weighted by Gasteiger charge is -2.43. The van der Waals surface area contributed by atoms with Crippen LogP contribution in [0.3, 0.4) is 0 Å². The summed E-state index contributed by atoms with van der Waals surface area (Å²) < 4.78 is 13.1. The van der Waals surface area contributed by atoms with E-state index in [2.05, 4.69) is 37.1 Å². The Hall–Kier alpha value is -3.10. The molecule has 6 nitrogen and oxygen atoms in total. The van der Waals surface area contributed by atoms with Gasteiger partial charge >= 0.3 is 0 Å². The van der Waals surface area contributed by atoms with Crippen molar-refractivity contribution in [2.24, 2.45) is 0 Å². The predicted octanol–water partition coefficient (Wildman–Crippen LogP) is 6.18. The number of allylic oxidation sites excluding steroid dienone is 1. The molecule has 1 N–H and O–H groups in total. The monoisotopic (exact) mass is 513 g/mol. The molecule has 182 valence electrons. The first-order valence-corrected chi connectivity index (χ1v) is 12.3. The molecule has 0 atom stereocenters. The van der Waals surface area contributed by atoms with Crippen LogP contribution in [0.4, 0.5) is 20.6 Å². The van der Waals surface area contributed by atoms with Crippen molar-refractivity contribution in [2.45, 2.75) is 33.2 Å². The fourth-order valence-corrected chi connectivity index (χ4v) is 5.50. The summed E-state index contributed by atoms with van der Waals surface area (Å²) in [6.45, 7) is 8.78. The maximum atomic E-state index is 13.1. The number of fused-ring (bicyclic) bond motifs is 1. The second-order valence-corrected chi connectivity index (χ2v) is 10.3. The SMILES string of the molecule is CCN1c2cc(Cl)c(/C=C3/SC(=O)N(CC(=O)Nc4ccc(F)cc4)C3=O)cc2C(C)=CC1(C)C. The molecule has 1 fully saturated rings. The van der Waals surface area contributed by atoms with Gasteiger partial charge in [-0.05, 0) is 93.1 Å². The van der Waals surface area contributed by atoms with Crippen molar-refractivity contribution in [3.05, 3.63) is 69.3 Å². The summed E-state index contributed by atoms with van der Waals surface area (Å²) in [7, 11) is 0. The zero-order valence-corrected chi connectivity index (χ0v) is 21.4. The van der Waals surface area contributed by atoms with Crippen molar-refractivity contribution < 1.29 is 18.8 Å². The fourth-order valence-electron chi connectivity index (χ4n) is 4.46. The lowest BCUT2D eigenvalue weighted by Crippen LogP contribution is -2.44. The highest BCUT2D eigenvalue weighted by Gasteiger charge is 2.37. The van der Waals surface area contributed by atoms with Crippen LogP contribution in [0, 0.1) is 5.82 Å². The van der Waals surface area contributed by atoms with Crippen LogP contribution in [0.15, 0.2) is 47.4 Å². The zero-order valence-electron chi connectivity index (χ0n) is 19.8. The minimum atomic E-state index is -0.563. The van der Waals surface area contributed by atoms with E-state index >= 15 is 0 Å². The molecule has 2 heterocycles. The van der Waals surface area contributed by atoms with Crippen LogP contribution in [0.2, 0.25) is 5.02 Å². The van der Waals surface area contributed by atoms with Gasteiger partial charge in [-0.2, -0.15) is 0 Å².